The molecule has 3 nitrogen and oxygen atoms in total. The van der Waals surface area contributed by atoms with Crippen molar-refractivity contribution in [3.8, 4) is 0 Å². The second-order valence-electron chi connectivity index (χ2n) is 3.28. The molecule has 1 rings (SSSR count). The highest BCUT2D eigenvalue weighted by atomic mass is 19.1. The van der Waals surface area contributed by atoms with Crippen molar-refractivity contribution < 1.29 is 13.6 Å². The summed E-state index contributed by atoms with van der Waals surface area (Å²) in [5, 5.41) is 2.46. The fraction of sp³-hybridized carbons (Fsp3) is 0.300. The molecule has 1 amide bonds. The highest BCUT2D eigenvalue weighted by Gasteiger charge is 2.07. The maximum absolute atomic E-state index is 12.7. The molecule has 0 unspecified atom stereocenters. The summed E-state index contributed by atoms with van der Waals surface area (Å²) < 4.78 is 25.5. The fourth-order valence-electron chi connectivity index (χ4n) is 1.06. The lowest BCUT2D eigenvalue weighted by molar-refractivity contribution is -0.122. The Morgan fingerprint density at radius 1 is 1.40 bits per heavy atom. The molecular formula is C10H12F2N2O. The average molecular weight is 214 g/mol. The Hall–Kier alpha value is -1.49. The van der Waals surface area contributed by atoms with E-state index in [9.17, 15) is 13.6 Å². The molecule has 0 bridgehead atoms. The Labute approximate surface area is 86.3 Å². The largest absolute Gasteiger partial charge is 0.351 e. The lowest BCUT2D eigenvalue weighted by Crippen LogP contribution is -2.37. The van der Waals surface area contributed by atoms with Gasteiger partial charge in [-0.1, -0.05) is 0 Å². The monoisotopic (exact) mass is 214 g/mol. The van der Waals surface area contributed by atoms with E-state index in [2.05, 4.69) is 5.32 Å². The molecule has 1 aromatic rings. The first-order chi connectivity index (χ1) is 6.99. The van der Waals surface area contributed by atoms with Crippen LogP contribution in [-0.2, 0) is 11.3 Å². The van der Waals surface area contributed by atoms with Crippen LogP contribution in [0.15, 0.2) is 18.2 Å². The third-order valence-corrected chi connectivity index (χ3v) is 1.80. The molecule has 1 aromatic carbocycles. The van der Waals surface area contributed by atoms with Crippen LogP contribution in [0.5, 0.6) is 0 Å². The van der Waals surface area contributed by atoms with Gasteiger partial charge in [0.05, 0.1) is 6.04 Å². The molecule has 5 heteroatoms. The van der Waals surface area contributed by atoms with Gasteiger partial charge in [-0.2, -0.15) is 0 Å². The summed E-state index contributed by atoms with van der Waals surface area (Å²) in [7, 11) is 0. The van der Waals surface area contributed by atoms with Gasteiger partial charge in [0.1, 0.15) is 11.6 Å². The van der Waals surface area contributed by atoms with Gasteiger partial charge in [-0.25, -0.2) is 8.78 Å². The van der Waals surface area contributed by atoms with Gasteiger partial charge in [0.15, 0.2) is 0 Å². The van der Waals surface area contributed by atoms with Crippen LogP contribution in [0.2, 0.25) is 0 Å². The summed E-state index contributed by atoms with van der Waals surface area (Å²) in [4.78, 5) is 11.1. The van der Waals surface area contributed by atoms with Crippen LogP contribution >= 0.6 is 0 Å². The zero-order valence-electron chi connectivity index (χ0n) is 8.26. The van der Waals surface area contributed by atoms with E-state index in [1.54, 1.807) is 0 Å². The number of amides is 1. The minimum absolute atomic E-state index is 0.0645. The minimum Gasteiger partial charge on any atom is -0.351 e. The number of nitrogens with two attached hydrogens (primary N) is 1. The molecule has 0 radical (unpaired) electrons. The Kier molecular flexibility index (Phi) is 3.74. The SMILES string of the molecule is C[C@H](N)C(=O)NCc1cc(F)cc(F)c1. The van der Waals surface area contributed by atoms with Crippen LogP contribution in [0, 0.1) is 11.6 Å². The second-order valence-corrected chi connectivity index (χ2v) is 3.28. The van der Waals surface area contributed by atoms with E-state index in [-0.39, 0.29) is 12.5 Å². The Balaban J connectivity index is 2.61. The van der Waals surface area contributed by atoms with E-state index >= 15 is 0 Å². The van der Waals surface area contributed by atoms with E-state index < -0.39 is 17.7 Å². The van der Waals surface area contributed by atoms with Crippen LogP contribution in [0.3, 0.4) is 0 Å². The number of halogens is 2. The fourth-order valence-corrected chi connectivity index (χ4v) is 1.06. The first kappa shape index (κ1) is 11.6. The third-order valence-electron chi connectivity index (χ3n) is 1.80. The molecule has 0 spiro atoms. The van der Waals surface area contributed by atoms with Gasteiger partial charge in [-0.05, 0) is 24.6 Å². The Morgan fingerprint density at radius 2 is 1.93 bits per heavy atom. The third kappa shape index (κ3) is 3.63. The van der Waals surface area contributed by atoms with E-state index in [1.807, 2.05) is 0 Å². The lowest BCUT2D eigenvalue weighted by atomic mass is 10.2. The molecule has 1 atom stereocenters. The molecule has 0 aliphatic carbocycles. The summed E-state index contributed by atoms with van der Waals surface area (Å²) in [6.07, 6.45) is 0. The van der Waals surface area contributed by atoms with Gasteiger partial charge >= 0.3 is 0 Å². The molecule has 0 heterocycles. The first-order valence-corrected chi connectivity index (χ1v) is 4.47. The second kappa shape index (κ2) is 4.84. The number of rotatable bonds is 3. The summed E-state index contributed by atoms with van der Waals surface area (Å²) >= 11 is 0. The Bertz CT molecular complexity index is 346. The van der Waals surface area contributed by atoms with Gasteiger partial charge in [0.2, 0.25) is 5.91 Å². The van der Waals surface area contributed by atoms with E-state index in [0.717, 1.165) is 18.2 Å². The van der Waals surface area contributed by atoms with Gasteiger partial charge in [-0.3, -0.25) is 4.79 Å². The molecule has 0 saturated carbocycles. The molecular weight excluding hydrogens is 202 g/mol. The summed E-state index contributed by atoms with van der Waals surface area (Å²) in [5.74, 6) is -1.69. The molecule has 0 aliphatic rings. The predicted octanol–water partition coefficient (Wildman–Crippen LogP) is 0.928. The van der Waals surface area contributed by atoms with Crippen molar-refractivity contribution in [1.29, 1.82) is 0 Å². The smallest absolute Gasteiger partial charge is 0.236 e. The first-order valence-electron chi connectivity index (χ1n) is 4.47. The standard InChI is InChI=1S/C10H12F2N2O/c1-6(13)10(15)14-5-7-2-8(11)4-9(12)3-7/h2-4,6H,5,13H2,1H3,(H,14,15)/t6-/m0/s1. The van der Waals surface area contributed by atoms with Gasteiger partial charge in [-0.15, -0.1) is 0 Å². The van der Waals surface area contributed by atoms with E-state index in [4.69, 9.17) is 5.73 Å². The van der Waals surface area contributed by atoms with Crippen molar-refractivity contribution in [2.24, 2.45) is 5.73 Å². The van der Waals surface area contributed by atoms with Crippen LogP contribution in [0.25, 0.3) is 0 Å². The maximum Gasteiger partial charge on any atom is 0.236 e. The zero-order chi connectivity index (χ0) is 11.4. The maximum atomic E-state index is 12.7. The number of carbonyl (C=O) groups is 1. The van der Waals surface area contributed by atoms with Crippen LogP contribution in [0.1, 0.15) is 12.5 Å². The minimum atomic E-state index is -0.667. The number of benzene rings is 1. The molecule has 82 valence electrons. The average Bonchev–Trinajstić information content (AvgIpc) is 2.12. The summed E-state index contributed by atoms with van der Waals surface area (Å²) in [5.41, 5.74) is 5.66. The van der Waals surface area contributed by atoms with Gasteiger partial charge in [0.25, 0.3) is 0 Å². The van der Waals surface area contributed by atoms with Crippen molar-refractivity contribution in [2.75, 3.05) is 0 Å². The van der Waals surface area contributed by atoms with Gasteiger partial charge < -0.3 is 11.1 Å². The van der Waals surface area contributed by atoms with Gasteiger partial charge in [0, 0.05) is 12.6 Å². The molecule has 0 aromatic heterocycles. The highest BCUT2D eigenvalue weighted by molar-refractivity contribution is 5.80. The summed E-state index contributed by atoms with van der Waals surface area (Å²) in [6.45, 7) is 1.59. The quantitative estimate of drug-likeness (QED) is 0.786. The highest BCUT2D eigenvalue weighted by Crippen LogP contribution is 2.07. The van der Waals surface area contributed by atoms with Crippen LogP contribution in [-0.4, -0.2) is 11.9 Å². The topological polar surface area (TPSA) is 55.1 Å². The molecule has 15 heavy (non-hydrogen) atoms. The number of hydrogen-bond donors (Lipinski definition) is 2. The number of hydrogen-bond acceptors (Lipinski definition) is 2. The van der Waals surface area contributed by atoms with Crippen molar-refractivity contribution >= 4 is 5.91 Å². The van der Waals surface area contributed by atoms with Crippen molar-refractivity contribution in [1.82, 2.24) is 5.32 Å². The molecule has 0 aliphatic heterocycles. The van der Waals surface area contributed by atoms with Crippen LogP contribution in [0.4, 0.5) is 8.78 Å². The Morgan fingerprint density at radius 3 is 2.40 bits per heavy atom. The normalized spacial score (nSPS) is 12.3. The summed E-state index contributed by atoms with van der Waals surface area (Å²) in [6, 6.07) is 2.45. The van der Waals surface area contributed by atoms with Crippen molar-refractivity contribution in [3.63, 3.8) is 0 Å². The number of carbonyl (C=O) groups excluding carboxylic acids is 1. The van der Waals surface area contributed by atoms with Crippen molar-refractivity contribution in [3.05, 3.63) is 35.4 Å². The van der Waals surface area contributed by atoms with Crippen molar-refractivity contribution in [2.45, 2.75) is 19.5 Å². The lowest BCUT2D eigenvalue weighted by Gasteiger charge is -2.07. The number of nitrogens with one attached hydrogen (secondary N) is 1. The van der Waals surface area contributed by atoms with E-state index in [0.29, 0.717) is 5.56 Å². The molecule has 3 N–H and O–H groups in total. The molecule has 0 saturated heterocycles. The zero-order valence-corrected chi connectivity index (χ0v) is 8.26. The van der Waals surface area contributed by atoms with E-state index in [1.165, 1.54) is 6.92 Å². The predicted molar refractivity (Wildman–Crippen MR) is 51.9 cm³/mol. The van der Waals surface area contributed by atoms with Crippen LogP contribution < -0.4 is 11.1 Å². The molecule has 0 fully saturated rings.